The quantitative estimate of drug-likeness (QED) is 0.532. The minimum absolute atomic E-state index is 0.180. The number of carbonyl (C=O) groups is 1. The summed E-state index contributed by atoms with van der Waals surface area (Å²) in [4.78, 5) is 14.8. The molecule has 4 aromatic rings. The van der Waals surface area contributed by atoms with Gasteiger partial charge in [-0.2, -0.15) is 5.10 Å². The van der Waals surface area contributed by atoms with E-state index in [0.29, 0.717) is 17.1 Å². The third-order valence-corrected chi connectivity index (χ3v) is 4.62. The number of hydrogen-bond acceptors (Lipinski definition) is 2. The molecule has 2 aromatic carbocycles. The molecule has 0 aliphatic rings. The summed E-state index contributed by atoms with van der Waals surface area (Å²) in [6.07, 6.45) is 5.24. The second kappa shape index (κ2) is 7.15. The molecule has 2 heterocycles. The fourth-order valence-electron chi connectivity index (χ4n) is 3.05. The Morgan fingerprint density at radius 3 is 2.29 bits per heavy atom. The molecule has 28 heavy (non-hydrogen) atoms. The molecule has 140 valence electrons. The van der Waals surface area contributed by atoms with E-state index in [1.165, 1.54) is 12.1 Å². The van der Waals surface area contributed by atoms with Crippen LogP contribution < -0.4 is 4.90 Å². The highest BCUT2D eigenvalue weighted by molar-refractivity contribution is 6.07. The molecule has 0 saturated heterocycles. The smallest absolute Gasteiger partial charge is 0.263 e. The van der Waals surface area contributed by atoms with E-state index in [4.69, 9.17) is 0 Å². The first kappa shape index (κ1) is 17.7. The van der Waals surface area contributed by atoms with Gasteiger partial charge in [0.2, 0.25) is 0 Å². The van der Waals surface area contributed by atoms with Crippen LogP contribution in [-0.2, 0) is 0 Å². The van der Waals surface area contributed by atoms with Crippen LogP contribution in [0.25, 0.3) is 11.5 Å². The highest BCUT2D eigenvalue weighted by Crippen LogP contribution is 2.23. The van der Waals surface area contributed by atoms with Gasteiger partial charge in [0.15, 0.2) is 5.82 Å². The number of halogens is 1. The van der Waals surface area contributed by atoms with E-state index in [0.717, 1.165) is 11.3 Å². The number of amides is 1. The topological polar surface area (TPSA) is 43.1 Å². The van der Waals surface area contributed by atoms with Crippen molar-refractivity contribution in [2.75, 3.05) is 11.9 Å². The van der Waals surface area contributed by atoms with Crippen molar-refractivity contribution in [3.05, 3.63) is 96.2 Å². The van der Waals surface area contributed by atoms with Gasteiger partial charge >= 0.3 is 0 Å². The van der Waals surface area contributed by atoms with Crippen LogP contribution in [0.3, 0.4) is 0 Å². The Bertz CT molecular complexity index is 1100. The standard InChI is InChI=1S/C22H19FN4O/c1-16-5-9-18(10-6-16)25(2)22(28)20-15-24-27(19-11-7-17(23)8-12-19)21(20)26-13-3-4-14-26/h3-15H,1-2H3. The van der Waals surface area contributed by atoms with Crippen molar-refractivity contribution in [2.24, 2.45) is 0 Å². The third kappa shape index (κ3) is 3.20. The van der Waals surface area contributed by atoms with E-state index in [1.54, 1.807) is 35.0 Å². The van der Waals surface area contributed by atoms with Crippen LogP contribution in [0, 0.1) is 12.7 Å². The predicted molar refractivity (Wildman–Crippen MR) is 107 cm³/mol. The number of benzene rings is 2. The van der Waals surface area contributed by atoms with E-state index in [2.05, 4.69) is 5.10 Å². The van der Waals surface area contributed by atoms with Crippen molar-refractivity contribution < 1.29 is 9.18 Å². The number of rotatable bonds is 4. The molecule has 0 fully saturated rings. The predicted octanol–water partition coefficient (Wildman–Crippen LogP) is 4.39. The van der Waals surface area contributed by atoms with Gasteiger partial charge in [0.1, 0.15) is 11.4 Å². The maximum absolute atomic E-state index is 13.3. The molecule has 0 saturated carbocycles. The lowest BCUT2D eigenvalue weighted by atomic mass is 10.2. The second-order valence-electron chi connectivity index (χ2n) is 6.56. The number of nitrogens with zero attached hydrogens (tertiary/aromatic N) is 4. The van der Waals surface area contributed by atoms with Gasteiger partial charge in [-0.15, -0.1) is 0 Å². The van der Waals surface area contributed by atoms with E-state index in [-0.39, 0.29) is 11.7 Å². The van der Waals surface area contributed by atoms with Crippen molar-refractivity contribution >= 4 is 11.6 Å². The summed E-state index contributed by atoms with van der Waals surface area (Å²) in [5.74, 6) is 0.0929. The van der Waals surface area contributed by atoms with Crippen molar-refractivity contribution in [2.45, 2.75) is 6.92 Å². The number of aromatic nitrogens is 3. The Morgan fingerprint density at radius 1 is 1.00 bits per heavy atom. The van der Waals surface area contributed by atoms with Gasteiger partial charge in [-0.3, -0.25) is 4.79 Å². The Kier molecular flexibility index (Phi) is 4.53. The lowest BCUT2D eigenvalue weighted by Gasteiger charge is -2.18. The fraction of sp³-hybridized carbons (Fsp3) is 0.0909. The summed E-state index contributed by atoms with van der Waals surface area (Å²) in [5, 5.41) is 4.41. The van der Waals surface area contributed by atoms with E-state index in [1.807, 2.05) is 60.3 Å². The first-order valence-corrected chi connectivity index (χ1v) is 8.86. The third-order valence-electron chi connectivity index (χ3n) is 4.62. The van der Waals surface area contributed by atoms with Gasteiger partial charge in [-0.05, 0) is 55.5 Å². The maximum atomic E-state index is 13.3. The van der Waals surface area contributed by atoms with Crippen molar-refractivity contribution in [3.8, 4) is 11.5 Å². The molecule has 1 amide bonds. The van der Waals surface area contributed by atoms with Crippen LogP contribution >= 0.6 is 0 Å². The molecule has 0 atom stereocenters. The first-order valence-electron chi connectivity index (χ1n) is 8.86. The summed E-state index contributed by atoms with van der Waals surface area (Å²) >= 11 is 0. The fourth-order valence-corrected chi connectivity index (χ4v) is 3.05. The van der Waals surface area contributed by atoms with Crippen LogP contribution in [0.4, 0.5) is 10.1 Å². The molecule has 6 heteroatoms. The summed E-state index contributed by atoms with van der Waals surface area (Å²) in [6, 6.07) is 17.5. The van der Waals surface area contributed by atoms with Gasteiger partial charge in [0, 0.05) is 25.1 Å². The van der Waals surface area contributed by atoms with Crippen LogP contribution in [0.2, 0.25) is 0 Å². The molecule has 0 spiro atoms. The summed E-state index contributed by atoms with van der Waals surface area (Å²) in [6.45, 7) is 2.00. The number of carbonyl (C=O) groups excluding carboxylic acids is 1. The molecule has 2 aromatic heterocycles. The second-order valence-corrected chi connectivity index (χ2v) is 6.56. The Hall–Kier alpha value is -3.67. The summed E-state index contributed by atoms with van der Waals surface area (Å²) in [7, 11) is 1.74. The van der Waals surface area contributed by atoms with Crippen LogP contribution in [-0.4, -0.2) is 27.3 Å². The average molecular weight is 374 g/mol. The van der Waals surface area contributed by atoms with E-state index in [9.17, 15) is 9.18 Å². The van der Waals surface area contributed by atoms with Crippen molar-refractivity contribution in [1.82, 2.24) is 14.3 Å². The summed E-state index contributed by atoms with van der Waals surface area (Å²) in [5.41, 5.74) is 3.04. The van der Waals surface area contributed by atoms with E-state index < -0.39 is 0 Å². The molecule has 0 bridgehead atoms. The number of hydrogen-bond donors (Lipinski definition) is 0. The highest BCUT2D eigenvalue weighted by Gasteiger charge is 2.23. The van der Waals surface area contributed by atoms with Crippen LogP contribution in [0.1, 0.15) is 15.9 Å². The Morgan fingerprint density at radius 2 is 1.64 bits per heavy atom. The van der Waals surface area contributed by atoms with Crippen LogP contribution in [0.15, 0.2) is 79.3 Å². The minimum Gasteiger partial charge on any atom is -0.311 e. The zero-order valence-electron chi connectivity index (χ0n) is 15.6. The van der Waals surface area contributed by atoms with Gasteiger partial charge in [-0.1, -0.05) is 17.7 Å². The van der Waals surface area contributed by atoms with Gasteiger partial charge in [-0.25, -0.2) is 9.07 Å². The number of aryl methyl sites for hydroxylation is 1. The molecule has 0 radical (unpaired) electrons. The molecular weight excluding hydrogens is 355 g/mol. The lowest BCUT2D eigenvalue weighted by molar-refractivity contribution is 0.0993. The Balaban J connectivity index is 1.80. The molecule has 0 aliphatic heterocycles. The number of anilines is 1. The SMILES string of the molecule is Cc1ccc(N(C)C(=O)c2cnn(-c3ccc(F)cc3)c2-n2cccc2)cc1. The normalized spacial score (nSPS) is 10.8. The van der Waals surface area contributed by atoms with Gasteiger partial charge in [0.05, 0.1) is 11.9 Å². The molecule has 5 nitrogen and oxygen atoms in total. The summed E-state index contributed by atoms with van der Waals surface area (Å²) < 4.78 is 16.8. The highest BCUT2D eigenvalue weighted by atomic mass is 19.1. The molecule has 4 rings (SSSR count). The monoisotopic (exact) mass is 374 g/mol. The maximum Gasteiger partial charge on any atom is 0.263 e. The van der Waals surface area contributed by atoms with Gasteiger partial charge < -0.3 is 9.47 Å². The molecule has 0 unspecified atom stereocenters. The molecule has 0 N–H and O–H groups in total. The lowest BCUT2D eigenvalue weighted by Crippen LogP contribution is -2.27. The van der Waals surface area contributed by atoms with Crippen molar-refractivity contribution in [3.63, 3.8) is 0 Å². The van der Waals surface area contributed by atoms with Crippen molar-refractivity contribution in [1.29, 1.82) is 0 Å². The minimum atomic E-state index is -0.325. The zero-order valence-corrected chi connectivity index (χ0v) is 15.6. The Labute approximate surface area is 162 Å². The molecule has 0 aliphatic carbocycles. The first-order chi connectivity index (χ1) is 13.5. The average Bonchev–Trinajstić information content (AvgIpc) is 3.37. The largest absolute Gasteiger partial charge is 0.311 e. The molecular formula is C22H19FN4O. The van der Waals surface area contributed by atoms with E-state index >= 15 is 0 Å². The zero-order chi connectivity index (χ0) is 19.7. The van der Waals surface area contributed by atoms with Crippen LogP contribution in [0.5, 0.6) is 0 Å². The van der Waals surface area contributed by atoms with Gasteiger partial charge in [0.25, 0.3) is 5.91 Å².